The predicted octanol–water partition coefficient (Wildman–Crippen LogP) is 23.2. The van der Waals surface area contributed by atoms with Gasteiger partial charge in [-0.05, 0) is 156 Å². The molecule has 6 aliphatic heterocycles. The Balaban J connectivity index is 1.33. The molecule has 1 N–H and O–H groups in total. The molecule has 0 aromatic heterocycles. The average molecular weight is 1910 g/mol. The highest BCUT2D eigenvalue weighted by Gasteiger charge is 2.63. The van der Waals surface area contributed by atoms with Crippen molar-refractivity contribution in [3.63, 3.8) is 0 Å². The molecule has 2 spiro atoms. The monoisotopic (exact) mass is 1900 g/mol. The van der Waals surface area contributed by atoms with Gasteiger partial charge in [0.2, 0.25) is 0 Å². The normalized spacial score (nSPS) is 31.5. The molecular formula is C100H182O22Si6. The third kappa shape index (κ3) is 30.9. The van der Waals surface area contributed by atoms with Crippen LogP contribution >= 0.6 is 0 Å². The van der Waals surface area contributed by atoms with Crippen LogP contribution in [0.2, 0.25) is 110 Å². The minimum absolute atomic E-state index is 0.00727. The Hall–Kier alpha value is -2.78. The van der Waals surface area contributed by atoms with Crippen molar-refractivity contribution in [2.45, 2.75) is 492 Å². The summed E-state index contributed by atoms with van der Waals surface area (Å²) in [5.74, 6) is -7.24. The minimum atomic E-state index is -2.58. The molecule has 128 heavy (non-hydrogen) atoms. The summed E-state index contributed by atoms with van der Waals surface area (Å²) in [6.07, 6.45) is 9.58. The standard InChI is InChI=1S/C100H182O22Si6/c1-36-47-51-78(117-123(29,30)31)55-69(12)56-87-90(105)92(120-126(38-3,39-4)40-5)74(17)93(111-87)94(121-127(41-6,42-7)43-8)100(107-28)67-88(119-125(34,35)96(23,24)25)73(16)86(116-100)53-50-48-49-52-77-58-84(118-124(32,33)95(20,21)22)66-98(112-77)64-81(106-27)59-79(113-98)61-85(103)72(15)91(110-76(19)102)71(14)70(13)57-83-63-97(26,122-128(44-9,45-10)46-11)68-99(115-83)65-82(109-75(18)101)60-80(114-99)62-89(104)108-54-37-2/h36-37,47,49,51-52,71-74,77-84,86-88,90-94,105H,1-2,12-13,38-46,48,50,53-68H2,3-11,14-35H3/b51-47+,52-49+/t71-,72-,73+,74-,77+,78+,79+,80-,81+,82+,83+,84+,86-,87-,88+,90-,91+,92-,93-,94+,97+,98-,99-,100-/m1/s1. The maximum Gasteiger partial charge on any atom is 0.308 e. The highest BCUT2D eigenvalue weighted by Crippen LogP contribution is 2.54. The molecule has 0 radical (unpaired) electrons. The van der Waals surface area contributed by atoms with Crippen LogP contribution in [-0.2, 0) is 97.8 Å². The average Bonchev–Trinajstić information content (AvgIpc) is 0.758. The summed E-state index contributed by atoms with van der Waals surface area (Å²) in [4.78, 5) is 54.7. The van der Waals surface area contributed by atoms with Crippen LogP contribution in [0.5, 0.6) is 0 Å². The van der Waals surface area contributed by atoms with E-state index in [0.717, 1.165) is 66.4 Å². The first-order chi connectivity index (χ1) is 59.6. The molecule has 0 aromatic carbocycles. The number of unbranched alkanes of at least 4 members (excludes halogenated alkanes) is 1. The second-order valence-electron chi connectivity index (χ2n) is 43.3. The fraction of sp³-hybridized carbons (Fsp3) is 0.840. The molecule has 738 valence electrons. The molecule has 6 rings (SSSR count). The van der Waals surface area contributed by atoms with Crippen molar-refractivity contribution in [1.82, 2.24) is 0 Å². The Kier molecular flexibility index (Phi) is 43.2. The first-order valence-electron chi connectivity index (χ1n) is 49.4. The van der Waals surface area contributed by atoms with Crippen molar-refractivity contribution < 1.29 is 103 Å². The summed E-state index contributed by atoms with van der Waals surface area (Å²) < 4.78 is 120. The first-order valence-corrected chi connectivity index (χ1v) is 66.2. The van der Waals surface area contributed by atoms with Gasteiger partial charge in [0.1, 0.15) is 36.8 Å². The summed E-state index contributed by atoms with van der Waals surface area (Å²) in [5.41, 5.74) is 0.842. The molecular weight excluding hydrogens is 1720 g/mol. The van der Waals surface area contributed by atoms with Crippen molar-refractivity contribution in [1.29, 1.82) is 0 Å². The fourth-order valence-electron chi connectivity index (χ4n) is 20.5. The number of methoxy groups -OCH3 is 2. The van der Waals surface area contributed by atoms with Crippen LogP contribution in [0.3, 0.4) is 0 Å². The first kappa shape index (κ1) is 114. The maximum atomic E-state index is 15.4. The Morgan fingerprint density at radius 1 is 0.609 bits per heavy atom. The number of carbonyl (C=O) groups excluding carboxylic acids is 4. The van der Waals surface area contributed by atoms with Gasteiger partial charge in [0.15, 0.2) is 67.3 Å². The highest BCUT2D eigenvalue weighted by molar-refractivity contribution is 6.75. The maximum absolute atomic E-state index is 15.4. The number of aliphatic hydroxyl groups excluding tert-OH is 1. The molecule has 6 fully saturated rings. The van der Waals surface area contributed by atoms with Crippen molar-refractivity contribution >= 4 is 73.6 Å². The van der Waals surface area contributed by atoms with Crippen molar-refractivity contribution in [2.24, 2.45) is 23.7 Å². The van der Waals surface area contributed by atoms with Crippen molar-refractivity contribution in [2.75, 3.05) is 20.8 Å². The summed E-state index contributed by atoms with van der Waals surface area (Å²) in [6.45, 7) is 79.7. The number of hydrogen-bond donors (Lipinski definition) is 1. The number of esters is 3. The molecule has 0 aliphatic carbocycles. The molecule has 0 unspecified atom stereocenters. The van der Waals surface area contributed by atoms with Gasteiger partial charge < -0.3 is 83.8 Å². The summed E-state index contributed by atoms with van der Waals surface area (Å²) >= 11 is 0. The zero-order valence-corrected chi connectivity index (χ0v) is 92.0. The summed E-state index contributed by atoms with van der Waals surface area (Å²) in [6, 6.07) is 8.05. The molecule has 24 atom stereocenters. The number of rotatable bonds is 50. The van der Waals surface area contributed by atoms with Gasteiger partial charge in [-0.3, -0.25) is 19.2 Å². The SMILES string of the molecule is C=C/C=C/[C@@H](CC(=C)C[C@H]1O[C@@H]([C@H](O[Si](CC)(CC)CC)[C@@]2(OC)C[C@H](O[Si](C)(C)C(C)(C)C)[C@@H](C)[C@@H](CCC/C=C/[C@H]3C[C@H](O[Si](C)(C)C(C)(C)C)C[C@]4(C[C@@H](OC)C[C@@H](CC(=O)[C@@H](C)[C@@H](OC(C)=O)[C@H](C)C(=C)C[C@H]5C[C@](C)(O[Si](CC)(CC)CC)C[C@@]6(C[C@@H](OC(C)=O)C[C@H](CC(=O)OCC=C)O6)O5)O4)O3)O2)[C@H](C)[C@@H](O[Si](CC)(CC)CC)[C@@H]1O)O[Si](C)(C)C. The molecule has 0 aromatic rings. The van der Waals surface area contributed by atoms with Gasteiger partial charge in [-0.15, -0.1) is 0 Å². The van der Waals surface area contributed by atoms with E-state index in [-0.39, 0.29) is 90.5 Å². The molecule has 6 heterocycles. The van der Waals surface area contributed by atoms with Gasteiger partial charge in [0.25, 0.3) is 0 Å². The minimum Gasteiger partial charge on any atom is -0.462 e. The van der Waals surface area contributed by atoms with E-state index in [2.05, 4.69) is 208 Å². The third-order valence-electron chi connectivity index (χ3n) is 30.6. The van der Waals surface area contributed by atoms with Crippen LogP contribution in [0, 0.1) is 23.7 Å². The molecule has 22 nitrogen and oxygen atoms in total. The van der Waals surface area contributed by atoms with E-state index in [9.17, 15) is 19.5 Å². The van der Waals surface area contributed by atoms with Gasteiger partial charge in [0.05, 0.1) is 91.2 Å². The van der Waals surface area contributed by atoms with Gasteiger partial charge in [0, 0.05) is 110 Å². The van der Waals surface area contributed by atoms with E-state index in [4.69, 9.17) is 85.2 Å². The van der Waals surface area contributed by atoms with Gasteiger partial charge in [-0.2, -0.15) is 0 Å². The third-order valence-corrected chi connectivity index (χ3v) is 54.7. The fourth-order valence-corrected chi connectivity index (χ4v) is 33.2. The van der Waals surface area contributed by atoms with Gasteiger partial charge >= 0.3 is 17.9 Å². The van der Waals surface area contributed by atoms with Crippen LogP contribution in [-0.4, -0.2) is 220 Å². The Labute approximate surface area is 782 Å². The smallest absolute Gasteiger partial charge is 0.308 e. The summed E-state index contributed by atoms with van der Waals surface area (Å²) in [7, 11) is -10.6. The molecule has 0 saturated carbocycles. The van der Waals surface area contributed by atoms with E-state index >= 15 is 4.79 Å². The number of Topliss-reactive ketones (excluding diaryl/α,β-unsaturated/α-hetero) is 1. The van der Waals surface area contributed by atoms with Gasteiger partial charge in [-0.25, -0.2) is 0 Å². The number of aliphatic hydroxyl groups is 1. The van der Waals surface area contributed by atoms with E-state index in [1.165, 1.54) is 19.9 Å². The van der Waals surface area contributed by atoms with E-state index in [1.54, 1.807) is 20.3 Å². The number of allylic oxidation sites excluding steroid dienone is 3. The lowest BCUT2D eigenvalue weighted by Crippen LogP contribution is -2.69. The number of hydrogen-bond acceptors (Lipinski definition) is 22. The molecule has 6 saturated heterocycles. The zero-order chi connectivity index (χ0) is 96.4. The second kappa shape index (κ2) is 48.5. The van der Waals surface area contributed by atoms with Crippen LogP contribution < -0.4 is 0 Å². The summed E-state index contributed by atoms with van der Waals surface area (Å²) in [5, 5.41) is 12.8. The number of ether oxygens (including phenoxy) is 11. The largest absolute Gasteiger partial charge is 0.462 e. The number of ketones is 1. The van der Waals surface area contributed by atoms with Crippen molar-refractivity contribution in [3.8, 4) is 0 Å². The topological polar surface area (TPSA) is 245 Å². The highest BCUT2D eigenvalue weighted by atomic mass is 28.4. The van der Waals surface area contributed by atoms with E-state index in [0.29, 0.717) is 82.6 Å². The lowest BCUT2D eigenvalue weighted by atomic mass is 9.78. The lowest BCUT2D eigenvalue weighted by Gasteiger charge is -2.57. The molecule has 0 bridgehead atoms. The molecule has 28 heteroatoms. The zero-order valence-electron chi connectivity index (χ0n) is 86.0. The van der Waals surface area contributed by atoms with E-state index in [1.807, 2.05) is 19.9 Å². The molecule has 0 amide bonds. The van der Waals surface area contributed by atoms with Gasteiger partial charge in [-0.1, -0.05) is 205 Å². The van der Waals surface area contributed by atoms with E-state index < -0.39 is 170 Å². The second-order valence-corrected chi connectivity index (χ2v) is 71.4. The van der Waals surface area contributed by atoms with Crippen molar-refractivity contribution in [3.05, 3.63) is 73.9 Å². The Bertz CT molecular complexity index is 3570. The van der Waals surface area contributed by atoms with Crippen LogP contribution in [0.15, 0.2) is 73.9 Å². The Morgan fingerprint density at radius 3 is 1.72 bits per heavy atom. The lowest BCUT2D eigenvalue weighted by molar-refractivity contribution is -0.354. The quantitative estimate of drug-likeness (QED) is 0.0148. The number of carbonyl (C=O) groups is 4. The van der Waals surface area contributed by atoms with Crippen LogP contribution in [0.1, 0.15) is 261 Å². The van der Waals surface area contributed by atoms with Crippen LogP contribution in [0.4, 0.5) is 0 Å². The van der Waals surface area contributed by atoms with Crippen LogP contribution in [0.25, 0.3) is 0 Å². The Morgan fingerprint density at radius 2 is 1.17 bits per heavy atom. The predicted molar refractivity (Wildman–Crippen MR) is 527 cm³/mol. The molecule has 6 aliphatic rings.